The fraction of sp³-hybridized carbons (Fsp3) is 0.412. The summed E-state index contributed by atoms with van der Waals surface area (Å²) in [6.45, 7) is 4.81. The third kappa shape index (κ3) is 2.41. The van der Waals surface area contributed by atoms with Gasteiger partial charge >= 0.3 is 6.09 Å². The summed E-state index contributed by atoms with van der Waals surface area (Å²) in [4.78, 5) is 18.6. The van der Waals surface area contributed by atoms with E-state index in [1.165, 1.54) is 10.1 Å². The Kier molecular flexibility index (Phi) is 3.22. The molecule has 1 aliphatic heterocycles. The van der Waals surface area contributed by atoms with Crippen LogP contribution in [0.15, 0.2) is 42.7 Å². The summed E-state index contributed by atoms with van der Waals surface area (Å²) in [6.07, 6.45) is 3.05. The number of fused-ring (bicyclic) bond motifs is 1. The average molecular weight is 297 g/mol. The smallest absolute Gasteiger partial charge is 0.419 e. The zero-order valence-electron chi connectivity index (χ0n) is 12.6. The van der Waals surface area contributed by atoms with E-state index in [1.54, 1.807) is 19.3 Å². The van der Waals surface area contributed by atoms with Gasteiger partial charge in [-0.15, -0.1) is 0 Å². The van der Waals surface area contributed by atoms with Gasteiger partial charge in [0.2, 0.25) is 0 Å². The van der Waals surface area contributed by atoms with Gasteiger partial charge in [-0.1, -0.05) is 30.3 Å². The lowest BCUT2D eigenvalue weighted by atomic mass is 10.2. The molecule has 1 aliphatic carbocycles. The second-order valence-electron chi connectivity index (χ2n) is 6.20. The van der Waals surface area contributed by atoms with Gasteiger partial charge in [-0.3, -0.25) is 4.90 Å². The Bertz CT molecular complexity index is 670. The van der Waals surface area contributed by atoms with Gasteiger partial charge in [-0.25, -0.2) is 14.3 Å². The lowest BCUT2D eigenvalue weighted by Crippen LogP contribution is -2.27. The van der Waals surface area contributed by atoms with E-state index in [4.69, 9.17) is 4.74 Å². The molecule has 114 valence electrons. The first-order chi connectivity index (χ1) is 10.7. The number of likely N-dealkylation sites (tertiary alicyclic amines) is 1. The van der Waals surface area contributed by atoms with Crippen molar-refractivity contribution >= 4 is 6.09 Å². The molecule has 2 heterocycles. The first kappa shape index (κ1) is 13.5. The molecule has 1 saturated heterocycles. The topological polar surface area (TPSA) is 47.4 Å². The van der Waals surface area contributed by atoms with E-state index in [0.717, 1.165) is 19.6 Å². The van der Waals surface area contributed by atoms with Crippen LogP contribution in [-0.4, -0.2) is 39.7 Å². The second-order valence-corrected chi connectivity index (χ2v) is 6.20. The average Bonchev–Trinajstić information content (AvgIpc) is 2.90. The van der Waals surface area contributed by atoms with E-state index in [0.29, 0.717) is 17.7 Å². The zero-order valence-corrected chi connectivity index (χ0v) is 12.6. The molecule has 2 aliphatic rings. The molecule has 2 aromatic rings. The summed E-state index contributed by atoms with van der Waals surface area (Å²) in [5.41, 5.74) is 1.34. The lowest BCUT2D eigenvalue weighted by Gasteiger charge is -2.19. The number of ether oxygens (including phenoxy) is 1. The quantitative estimate of drug-likeness (QED) is 0.872. The molecule has 0 amide bonds. The highest BCUT2D eigenvalue weighted by molar-refractivity contribution is 5.71. The zero-order chi connectivity index (χ0) is 15.1. The van der Waals surface area contributed by atoms with Crippen LogP contribution in [0.2, 0.25) is 0 Å². The molecule has 1 aromatic heterocycles. The van der Waals surface area contributed by atoms with Crippen molar-refractivity contribution in [1.82, 2.24) is 14.5 Å². The van der Waals surface area contributed by atoms with Gasteiger partial charge in [0.1, 0.15) is 11.9 Å². The van der Waals surface area contributed by atoms with E-state index in [9.17, 15) is 4.79 Å². The Morgan fingerprint density at radius 3 is 2.64 bits per heavy atom. The SMILES string of the molecule is Cc1nccn1C(=O)OC1C2CN(Cc3ccccc3)CC21. The van der Waals surface area contributed by atoms with Gasteiger partial charge in [0.15, 0.2) is 0 Å². The summed E-state index contributed by atoms with van der Waals surface area (Å²) < 4.78 is 7.08. The standard InChI is InChI=1S/C17H19N3O2/c1-12-18-7-8-20(12)17(21)22-16-14-10-19(11-15(14)16)9-13-5-3-2-4-6-13/h2-8,14-16H,9-11H2,1H3. The van der Waals surface area contributed by atoms with Gasteiger partial charge in [0, 0.05) is 43.9 Å². The number of carbonyl (C=O) groups excluding carboxylic acids is 1. The molecular formula is C17H19N3O2. The minimum absolute atomic E-state index is 0.0846. The van der Waals surface area contributed by atoms with Gasteiger partial charge in [0.05, 0.1) is 0 Å². The van der Waals surface area contributed by atoms with Crippen molar-refractivity contribution in [2.24, 2.45) is 11.8 Å². The summed E-state index contributed by atoms with van der Waals surface area (Å²) in [7, 11) is 0. The molecule has 5 heteroatoms. The number of imidazole rings is 1. The number of hydrogen-bond acceptors (Lipinski definition) is 4. The number of aromatic nitrogens is 2. The van der Waals surface area contributed by atoms with Crippen LogP contribution >= 0.6 is 0 Å². The van der Waals surface area contributed by atoms with Crippen LogP contribution in [-0.2, 0) is 11.3 Å². The molecular weight excluding hydrogens is 278 g/mol. The van der Waals surface area contributed by atoms with Crippen LogP contribution in [0, 0.1) is 18.8 Å². The molecule has 0 spiro atoms. The predicted molar refractivity (Wildman–Crippen MR) is 81.3 cm³/mol. The molecule has 0 bridgehead atoms. The molecule has 1 saturated carbocycles. The van der Waals surface area contributed by atoms with Crippen molar-refractivity contribution in [3.8, 4) is 0 Å². The van der Waals surface area contributed by atoms with E-state index in [-0.39, 0.29) is 12.2 Å². The molecule has 5 nitrogen and oxygen atoms in total. The number of piperidine rings is 1. The van der Waals surface area contributed by atoms with Gasteiger partial charge in [-0.05, 0) is 12.5 Å². The Balaban J connectivity index is 1.30. The summed E-state index contributed by atoms with van der Waals surface area (Å²) >= 11 is 0. The maximum atomic E-state index is 12.1. The highest BCUT2D eigenvalue weighted by atomic mass is 16.6. The Labute approximate surface area is 129 Å². The Morgan fingerprint density at radius 2 is 2.00 bits per heavy atom. The van der Waals surface area contributed by atoms with E-state index in [2.05, 4.69) is 34.1 Å². The Morgan fingerprint density at radius 1 is 1.27 bits per heavy atom. The molecule has 1 aromatic carbocycles. The van der Waals surface area contributed by atoms with Gasteiger partial charge in [0.25, 0.3) is 0 Å². The molecule has 2 unspecified atom stereocenters. The number of nitrogens with zero attached hydrogens (tertiary/aromatic N) is 3. The summed E-state index contributed by atoms with van der Waals surface area (Å²) in [5, 5.41) is 0. The minimum atomic E-state index is -0.302. The third-order valence-electron chi connectivity index (χ3n) is 4.70. The predicted octanol–water partition coefficient (Wildman–Crippen LogP) is 2.31. The fourth-order valence-corrected chi connectivity index (χ4v) is 3.45. The molecule has 2 fully saturated rings. The van der Waals surface area contributed by atoms with Gasteiger partial charge < -0.3 is 4.74 Å². The number of aryl methyl sites for hydroxylation is 1. The fourth-order valence-electron chi connectivity index (χ4n) is 3.45. The molecule has 22 heavy (non-hydrogen) atoms. The van der Waals surface area contributed by atoms with Crippen LogP contribution < -0.4 is 0 Å². The maximum absolute atomic E-state index is 12.1. The van der Waals surface area contributed by atoms with Crippen LogP contribution in [0.5, 0.6) is 0 Å². The number of hydrogen-bond donors (Lipinski definition) is 0. The van der Waals surface area contributed by atoms with Crippen molar-refractivity contribution in [1.29, 1.82) is 0 Å². The van der Waals surface area contributed by atoms with Crippen molar-refractivity contribution in [2.45, 2.75) is 19.6 Å². The van der Waals surface area contributed by atoms with E-state index in [1.807, 2.05) is 6.07 Å². The first-order valence-corrected chi connectivity index (χ1v) is 7.69. The molecule has 0 N–H and O–H groups in total. The monoisotopic (exact) mass is 297 g/mol. The van der Waals surface area contributed by atoms with Gasteiger partial charge in [-0.2, -0.15) is 0 Å². The van der Waals surface area contributed by atoms with Crippen LogP contribution in [0.4, 0.5) is 4.79 Å². The first-order valence-electron chi connectivity index (χ1n) is 7.69. The van der Waals surface area contributed by atoms with Crippen LogP contribution in [0.25, 0.3) is 0 Å². The van der Waals surface area contributed by atoms with Crippen molar-refractivity contribution in [3.63, 3.8) is 0 Å². The van der Waals surface area contributed by atoms with E-state index < -0.39 is 0 Å². The molecule has 2 atom stereocenters. The summed E-state index contributed by atoms with van der Waals surface area (Å²) in [5.74, 6) is 1.66. The third-order valence-corrected chi connectivity index (χ3v) is 4.70. The second kappa shape index (κ2) is 5.25. The maximum Gasteiger partial charge on any atom is 0.419 e. The summed E-state index contributed by atoms with van der Waals surface area (Å²) in [6, 6.07) is 10.5. The lowest BCUT2D eigenvalue weighted by molar-refractivity contribution is 0.114. The largest absolute Gasteiger partial charge is 0.445 e. The van der Waals surface area contributed by atoms with Crippen molar-refractivity contribution < 1.29 is 9.53 Å². The molecule has 4 rings (SSSR count). The van der Waals surface area contributed by atoms with Crippen molar-refractivity contribution in [3.05, 3.63) is 54.1 Å². The highest BCUT2D eigenvalue weighted by Crippen LogP contribution is 2.48. The van der Waals surface area contributed by atoms with Crippen LogP contribution in [0.3, 0.4) is 0 Å². The number of rotatable bonds is 3. The van der Waals surface area contributed by atoms with E-state index >= 15 is 0 Å². The molecule has 0 radical (unpaired) electrons. The normalized spacial score (nSPS) is 26.7. The number of carbonyl (C=O) groups is 1. The van der Waals surface area contributed by atoms with Crippen molar-refractivity contribution in [2.75, 3.05) is 13.1 Å². The Hall–Kier alpha value is -2.14. The van der Waals surface area contributed by atoms with Crippen LogP contribution in [0.1, 0.15) is 11.4 Å². The minimum Gasteiger partial charge on any atom is -0.445 e. The highest BCUT2D eigenvalue weighted by Gasteiger charge is 2.58. The number of benzene rings is 1.